The summed E-state index contributed by atoms with van der Waals surface area (Å²) < 4.78 is 5.11. The molecule has 1 aromatic carbocycles. The van der Waals surface area contributed by atoms with Crippen molar-refractivity contribution in [2.45, 2.75) is 13.3 Å². The molecule has 4 N–H and O–H groups in total. The lowest BCUT2D eigenvalue weighted by atomic mass is 10.2. The summed E-state index contributed by atoms with van der Waals surface area (Å²) in [6.45, 7) is 2.63. The number of urea groups is 1. The zero-order valence-corrected chi connectivity index (χ0v) is 9.54. The highest BCUT2D eigenvalue weighted by Crippen LogP contribution is 2.26. The maximum absolute atomic E-state index is 11.4. The zero-order valence-electron chi connectivity index (χ0n) is 9.54. The van der Waals surface area contributed by atoms with Crippen LogP contribution in [0.5, 0.6) is 5.75 Å². The van der Waals surface area contributed by atoms with Gasteiger partial charge < -0.3 is 21.1 Å². The van der Waals surface area contributed by atoms with Crippen molar-refractivity contribution >= 4 is 17.4 Å². The molecule has 0 saturated carbocycles. The molecule has 0 aliphatic heterocycles. The van der Waals surface area contributed by atoms with Crippen LogP contribution in [0.1, 0.15) is 13.3 Å². The lowest BCUT2D eigenvalue weighted by Crippen LogP contribution is -2.29. The Morgan fingerprint density at radius 1 is 1.50 bits per heavy atom. The molecule has 1 aromatic rings. The third kappa shape index (κ3) is 3.34. The molecule has 2 amide bonds. The van der Waals surface area contributed by atoms with Crippen molar-refractivity contribution in [1.29, 1.82) is 0 Å². The third-order valence-electron chi connectivity index (χ3n) is 2.01. The van der Waals surface area contributed by atoms with Gasteiger partial charge in [0.05, 0.1) is 12.8 Å². The van der Waals surface area contributed by atoms with Crippen molar-refractivity contribution in [3.8, 4) is 5.75 Å². The Bertz CT molecular complexity index is 366. The van der Waals surface area contributed by atoms with Crippen LogP contribution in [0.3, 0.4) is 0 Å². The van der Waals surface area contributed by atoms with E-state index in [0.29, 0.717) is 23.7 Å². The lowest BCUT2D eigenvalue weighted by Gasteiger charge is -2.11. The fourth-order valence-corrected chi connectivity index (χ4v) is 1.22. The van der Waals surface area contributed by atoms with E-state index in [-0.39, 0.29) is 6.03 Å². The summed E-state index contributed by atoms with van der Waals surface area (Å²) in [5.74, 6) is 0.548. The SMILES string of the molecule is CCCNC(=O)Nc1ccc(N)cc1OC. The molecule has 0 fully saturated rings. The van der Waals surface area contributed by atoms with Gasteiger partial charge in [0.1, 0.15) is 5.75 Å². The van der Waals surface area contributed by atoms with Crippen LogP contribution in [0.4, 0.5) is 16.2 Å². The van der Waals surface area contributed by atoms with Gasteiger partial charge >= 0.3 is 6.03 Å². The molecule has 0 spiro atoms. The average molecular weight is 223 g/mol. The van der Waals surface area contributed by atoms with Crippen molar-refractivity contribution in [2.75, 3.05) is 24.7 Å². The molecule has 0 saturated heterocycles. The van der Waals surface area contributed by atoms with Crippen LogP contribution in [0.15, 0.2) is 18.2 Å². The maximum atomic E-state index is 11.4. The minimum absolute atomic E-state index is 0.245. The predicted octanol–water partition coefficient (Wildman–Crippen LogP) is 1.81. The van der Waals surface area contributed by atoms with Crippen LogP contribution >= 0.6 is 0 Å². The quantitative estimate of drug-likeness (QED) is 0.681. The number of rotatable bonds is 4. The van der Waals surface area contributed by atoms with E-state index in [1.54, 1.807) is 18.2 Å². The number of nitrogens with two attached hydrogens (primary N) is 1. The number of benzene rings is 1. The summed E-state index contributed by atoms with van der Waals surface area (Å²) in [5, 5.41) is 5.40. The van der Waals surface area contributed by atoms with E-state index in [4.69, 9.17) is 10.5 Å². The van der Waals surface area contributed by atoms with Gasteiger partial charge in [0.25, 0.3) is 0 Å². The van der Waals surface area contributed by atoms with Crippen LogP contribution < -0.4 is 21.1 Å². The van der Waals surface area contributed by atoms with Crippen molar-refractivity contribution in [3.05, 3.63) is 18.2 Å². The van der Waals surface area contributed by atoms with Gasteiger partial charge in [-0.15, -0.1) is 0 Å². The van der Waals surface area contributed by atoms with E-state index in [1.165, 1.54) is 7.11 Å². The Hall–Kier alpha value is -1.91. The second-order valence-electron chi connectivity index (χ2n) is 3.34. The fraction of sp³-hybridized carbons (Fsp3) is 0.364. The zero-order chi connectivity index (χ0) is 12.0. The molecule has 88 valence electrons. The summed E-state index contributed by atoms with van der Waals surface area (Å²) in [5.41, 5.74) is 6.80. The summed E-state index contributed by atoms with van der Waals surface area (Å²) in [6.07, 6.45) is 0.895. The number of hydrogen-bond acceptors (Lipinski definition) is 3. The molecular weight excluding hydrogens is 206 g/mol. The summed E-state index contributed by atoms with van der Waals surface area (Å²) in [6, 6.07) is 4.83. The number of carbonyl (C=O) groups excluding carboxylic acids is 1. The standard InChI is InChI=1S/C11H17N3O2/c1-3-6-13-11(15)14-9-5-4-8(12)7-10(9)16-2/h4-5,7H,3,6,12H2,1-2H3,(H2,13,14,15). The molecule has 0 aliphatic rings. The highest BCUT2D eigenvalue weighted by Gasteiger charge is 2.06. The van der Waals surface area contributed by atoms with Crippen molar-refractivity contribution < 1.29 is 9.53 Å². The predicted molar refractivity (Wildman–Crippen MR) is 64.7 cm³/mol. The molecule has 5 heteroatoms. The Balaban J connectivity index is 2.69. The first-order chi connectivity index (χ1) is 7.67. The first-order valence-electron chi connectivity index (χ1n) is 5.15. The Morgan fingerprint density at radius 2 is 2.25 bits per heavy atom. The molecular formula is C11H17N3O2. The van der Waals surface area contributed by atoms with Gasteiger partial charge in [-0.25, -0.2) is 4.79 Å². The second-order valence-corrected chi connectivity index (χ2v) is 3.34. The minimum atomic E-state index is -0.245. The van der Waals surface area contributed by atoms with Crippen molar-refractivity contribution in [1.82, 2.24) is 5.32 Å². The average Bonchev–Trinajstić information content (AvgIpc) is 2.28. The van der Waals surface area contributed by atoms with Crippen LogP contribution in [-0.2, 0) is 0 Å². The van der Waals surface area contributed by atoms with Crippen LogP contribution in [0.25, 0.3) is 0 Å². The first-order valence-corrected chi connectivity index (χ1v) is 5.15. The van der Waals surface area contributed by atoms with Crippen molar-refractivity contribution in [3.63, 3.8) is 0 Å². The molecule has 0 unspecified atom stereocenters. The molecule has 1 rings (SSSR count). The van der Waals surface area contributed by atoms with Gasteiger partial charge in [-0.2, -0.15) is 0 Å². The van der Waals surface area contributed by atoms with Crippen LogP contribution in [0.2, 0.25) is 0 Å². The molecule has 0 heterocycles. The Morgan fingerprint density at radius 3 is 2.88 bits per heavy atom. The topological polar surface area (TPSA) is 76.4 Å². The van der Waals surface area contributed by atoms with Gasteiger partial charge in [-0.3, -0.25) is 0 Å². The number of nitrogen functional groups attached to an aromatic ring is 1. The van der Waals surface area contributed by atoms with E-state index < -0.39 is 0 Å². The number of anilines is 2. The van der Waals surface area contributed by atoms with Gasteiger partial charge in [0.15, 0.2) is 0 Å². The van der Waals surface area contributed by atoms with Crippen LogP contribution in [0, 0.1) is 0 Å². The third-order valence-corrected chi connectivity index (χ3v) is 2.01. The maximum Gasteiger partial charge on any atom is 0.319 e. The highest BCUT2D eigenvalue weighted by molar-refractivity contribution is 5.91. The smallest absolute Gasteiger partial charge is 0.319 e. The number of ether oxygens (including phenoxy) is 1. The fourth-order valence-electron chi connectivity index (χ4n) is 1.22. The number of methoxy groups -OCH3 is 1. The van der Waals surface area contributed by atoms with E-state index >= 15 is 0 Å². The van der Waals surface area contributed by atoms with Gasteiger partial charge in [0, 0.05) is 18.3 Å². The highest BCUT2D eigenvalue weighted by atomic mass is 16.5. The number of hydrogen-bond donors (Lipinski definition) is 3. The number of carbonyl (C=O) groups is 1. The molecule has 0 atom stereocenters. The van der Waals surface area contributed by atoms with Crippen LogP contribution in [-0.4, -0.2) is 19.7 Å². The molecule has 5 nitrogen and oxygen atoms in total. The monoisotopic (exact) mass is 223 g/mol. The van der Waals surface area contributed by atoms with Crippen molar-refractivity contribution in [2.24, 2.45) is 0 Å². The molecule has 0 radical (unpaired) electrons. The lowest BCUT2D eigenvalue weighted by molar-refractivity contribution is 0.252. The summed E-state index contributed by atoms with van der Waals surface area (Å²) in [7, 11) is 1.53. The largest absolute Gasteiger partial charge is 0.494 e. The van der Waals surface area contributed by atoms with Gasteiger partial charge in [0.2, 0.25) is 0 Å². The van der Waals surface area contributed by atoms with Gasteiger partial charge in [-0.1, -0.05) is 6.92 Å². The second kappa shape index (κ2) is 5.85. The first kappa shape index (κ1) is 12.2. The number of nitrogens with one attached hydrogen (secondary N) is 2. The van der Waals surface area contributed by atoms with E-state index in [0.717, 1.165) is 6.42 Å². The minimum Gasteiger partial charge on any atom is -0.494 e. The Kier molecular flexibility index (Phi) is 4.44. The molecule has 0 aromatic heterocycles. The van der Waals surface area contributed by atoms with E-state index in [2.05, 4.69) is 10.6 Å². The van der Waals surface area contributed by atoms with E-state index in [9.17, 15) is 4.79 Å². The normalized spacial score (nSPS) is 9.62. The number of amides is 2. The van der Waals surface area contributed by atoms with E-state index in [1.807, 2.05) is 6.92 Å². The Labute approximate surface area is 95.0 Å². The summed E-state index contributed by atoms with van der Waals surface area (Å²) in [4.78, 5) is 11.4. The summed E-state index contributed by atoms with van der Waals surface area (Å²) >= 11 is 0. The molecule has 0 aliphatic carbocycles. The molecule has 0 bridgehead atoms. The molecule has 16 heavy (non-hydrogen) atoms. The van der Waals surface area contributed by atoms with Gasteiger partial charge in [-0.05, 0) is 18.6 Å².